The van der Waals surface area contributed by atoms with Gasteiger partial charge in [-0.05, 0) is 41.1 Å². The highest BCUT2D eigenvalue weighted by Crippen LogP contribution is 2.31. The molecule has 142 valence electrons. The summed E-state index contributed by atoms with van der Waals surface area (Å²) < 4.78 is 11.0. The van der Waals surface area contributed by atoms with Gasteiger partial charge in [-0.25, -0.2) is 4.79 Å². The lowest BCUT2D eigenvalue weighted by Gasteiger charge is -2.18. The molecule has 1 aliphatic rings. The van der Waals surface area contributed by atoms with Crippen molar-refractivity contribution in [2.45, 2.75) is 19.9 Å². The van der Waals surface area contributed by atoms with Gasteiger partial charge in [0, 0.05) is 17.4 Å². The van der Waals surface area contributed by atoms with Crippen LogP contribution >= 0.6 is 15.9 Å². The maximum atomic E-state index is 12.5. The van der Waals surface area contributed by atoms with Gasteiger partial charge in [-0.2, -0.15) is 0 Å². The molecule has 1 fully saturated rings. The number of nitrogens with one attached hydrogen (secondary N) is 1. The Morgan fingerprint density at radius 1 is 1.37 bits per heavy atom. The van der Waals surface area contributed by atoms with Crippen molar-refractivity contribution in [2.24, 2.45) is 5.92 Å². The lowest BCUT2D eigenvalue weighted by molar-refractivity contribution is -0.126. The minimum absolute atomic E-state index is 0.0936. The highest BCUT2D eigenvalue weighted by Gasteiger charge is 2.35. The Kier molecular flexibility index (Phi) is 5.65. The van der Waals surface area contributed by atoms with E-state index in [9.17, 15) is 14.4 Å². The van der Waals surface area contributed by atoms with Crippen molar-refractivity contribution in [3.8, 4) is 0 Å². The summed E-state index contributed by atoms with van der Waals surface area (Å²) >= 11 is 3.43. The van der Waals surface area contributed by atoms with Crippen LogP contribution in [-0.2, 0) is 20.9 Å². The lowest BCUT2D eigenvalue weighted by atomic mass is 10.1. The quantitative estimate of drug-likeness (QED) is 0.730. The Morgan fingerprint density at radius 2 is 2.11 bits per heavy atom. The molecule has 8 heteroatoms. The number of aryl methyl sites for hydroxylation is 1. The third-order valence-corrected chi connectivity index (χ3v) is 5.12. The van der Waals surface area contributed by atoms with Crippen molar-refractivity contribution in [1.82, 2.24) is 5.32 Å². The smallest absolute Gasteiger partial charge is 0.341 e. The van der Waals surface area contributed by atoms with Gasteiger partial charge in [-0.15, -0.1) is 0 Å². The second-order valence-corrected chi connectivity index (χ2v) is 7.10. The predicted octanol–water partition coefficient (Wildman–Crippen LogP) is 2.81. The molecule has 1 aromatic carbocycles. The molecule has 0 bridgehead atoms. The summed E-state index contributed by atoms with van der Waals surface area (Å²) in [7, 11) is 1.30. The molecule has 1 atom stereocenters. The second-order valence-electron chi connectivity index (χ2n) is 6.25. The molecular formula is C19H19BrN2O5. The van der Waals surface area contributed by atoms with Gasteiger partial charge in [-0.3, -0.25) is 9.59 Å². The van der Waals surface area contributed by atoms with Crippen molar-refractivity contribution in [3.63, 3.8) is 0 Å². The molecule has 2 amide bonds. The number of benzene rings is 1. The normalized spacial score (nSPS) is 16.5. The van der Waals surface area contributed by atoms with Crippen molar-refractivity contribution < 1.29 is 23.5 Å². The number of ether oxygens (including phenoxy) is 1. The number of nitrogens with zero attached hydrogens (tertiary/aromatic N) is 1. The van der Waals surface area contributed by atoms with Crippen molar-refractivity contribution in [3.05, 3.63) is 51.9 Å². The predicted molar refractivity (Wildman–Crippen MR) is 101 cm³/mol. The summed E-state index contributed by atoms with van der Waals surface area (Å²) in [5, 5.41) is 2.77. The first-order chi connectivity index (χ1) is 12.9. The number of carbonyl (C=O) groups is 3. The van der Waals surface area contributed by atoms with E-state index < -0.39 is 11.9 Å². The molecule has 2 heterocycles. The second kappa shape index (κ2) is 7.96. The molecule has 1 saturated heterocycles. The van der Waals surface area contributed by atoms with E-state index in [-0.39, 0.29) is 24.8 Å². The minimum atomic E-state index is -0.487. The average molecular weight is 435 g/mol. The third kappa shape index (κ3) is 4.05. The molecule has 7 nitrogen and oxygen atoms in total. The van der Waals surface area contributed by atoms with Crippen LogP contribution in [0, 0.1) is 12.8 Å². The zero-order valence-electron chi connectivity index (χ0n) is 15.0. The molecule has 0 spiro atoms. The Labute approximate surface area is 164 Å². The van der Waals surface area contributed by atoms with Crippen LogP contribution in [0.5, 0.6) is 0 Å². The zero-order chi connectivity index (χ0) is 19.6. The number of rotatable bonds is 5. The van der Waals surface area contributed by atoms with Crippen molar-refractivity contribution >= 4 is 39.4 Å². The molecule has 0 radical (unpaired) electrons. The number of hydrogen-bond donors (Lipinski definition) is 1. The monoisotopic (exact) mass is 434 g/mol. The molecule has 0 aliphatic carbocycles. The highest BCUT2D eigenvalue weighted by atomic mass is 79.9. The minimum Gasteiger partial charge on any atom is -0.465 e. The summed E-state index contributed by atoms with van der Waals surface area (Å²) in [5.41, 5.74) is 1.08. The van der Waals surface area contributed by atoms with Crippen LogP contribution in [-0.4, -0.2) is 31.4 Å². The number of halogens is 1. The number of carbonyl (C=O) groups excluding carboxylic acids is 3. The van der Waals surface area contributed by atoms with E-state index in [0.717, 1.165) is 10.2 Å². The van der Waals surface area contributed by atoms with Crippen LogP contribution in [0.25, 0.3) is 0 Å². The molecular weight excluding hydrogens is 416 g/mol. The molecule has 3 rings (SSSR count). The van der Waals surface area contributed by atoms with Crippen LogP contribution in [0.3, 0.4) is 0 Å². The largest absolute Gasteiger partial charge is 0.465 e. The molecule has 1 aliphatic heterocycles. The number of esters is 1. The first-order valence-electron chi connectivity index (χ1n) is 8.41. The van der Waals surface area contributed by atoms with Gasteiger partial charge >= 0.3 is 5.97 Å². The summed E-state index contributed by atoms with van der Waals surface area (Å²) in [6, 6.07) is 8.95. The Balaban J connectivity index is 1.62. The van der Waals surface area contributed by atoms with E-state index in [1.807, 2.05) is 24.3 Å². The van der Waals surface area contributed by atoms with Gasteiger partial charge in [0.2, 0.25) is 11.8 Å². The van der Waals surface area contributed by atoms with Crippen LogP contribution in [0.15, 0.2) is 39.2 Å². The fraction of sp³-hybridized carbons (Fsp3) is 0.316. The van der Waals surface area contributed by atoms with Crippen LogP contribution in [0.1, 0.15) is 28.3 Å². The number of methoxy groups -OCH3 is 1. The van der Waals surface area contributed by atoms with Gasteiger partial charge in [0.05, 0.1) is 25.3 Å². The molecule has 27 heavy (non-hydrogen) atoms. The Morgan fingerprint density at radius 3 is 2.81 bits per heavy atom. The fourth-order valence-corrected chi connectivity index (χ4v) is 3.55. The highest BCUT2D eigenvalue weighted by molar-refractivity contribution is 9.10. The summed E-state index contributed by atoms with van der Waals surface area (Å²) in [5.74, 6) is -0.369. The van der Waals surface area contributed by atoms with E-state index in [1.165, 1.54) is 7.11 Å². The van der Waals surface area contributed by atoms with Crippen LogP contribution < -0.4 is 10.2 Å². The number of anilines is 1. The van der Waals surface area contributed by atoms with E-state index >= 15 is 0 Å². The molecule has 1 unspecified atom stereocenters. The Bertz CT molecular complexity index is 892. The maximum Gasteiger partial charge on any atom is 0.341 e. The molecule has 0 saturated carbocycles. The number of furan rings is 1. The summed E-state index contributed by atoms with van der Waals surface area (Å²) in [4.78, 5) is 38.0. The van der Waals surface area contributed by atoms with Crippen LogP contribution in [0.2, 0.25) is 0 Å². The first kappa shape index (κ1) is 19.2. The van der Waals surface area contributed by atoms with Crippen LogP contribution in [0.4, 0.5) is 5.69 Å². The number of amides is 2. The standard InChI is InChI=1S/C19H19BrN2O5/c1-11-14(19(25)26-2)8-13(27-11)9-21-18(24)12-7-17(23)22(10-12)16-6-4-3-5-15(16)20/h3-6,8,12H,7,9-10H2,1-2H3,(H,21,24). The van der Waals surface area contributed by atoms with Gasteiger partial charge in [0.25, 0.3) is 0 Å². The topological polar surface area (TPSA) is 88.8 Å². The lowest BCUT2D eigenvalue weighted by Crippen LogP contribution is -2.32. The number of hydrogen-bond acceptors (Lipinski definition) is 5. The van der Waals surface area contributed by atoms with E-state index in [4.69, 9.17) is 4.42 Å². The summed E-state index contributed by atoms with van der Waals surface area (Å²) in [6.45, 7) is 2.11. The van der Waals surface area contributed by atoms with Gasteiger partial charge in [0.15, 0.2) is 0 Å². The van der Waals surface area contributed by atoms with Crippen molar-refractivity contribution in [1.29, 1.82) is 0 Å². The maximum absolute atomic E-state index is 12.5. The van der Waals surface area contributed by atoms with E-state index in [2.05, 4.69) is 26.0 Å². The molecule has 2 aromatic rings. The van der Waals surface area contributed by atoms with E-state index in [1.54, 1.807) is 17.9 Å². The zero-order valence-corrected chi connectivity index (χ0v) is 16.5. The van der Waals surface area contributed by atoms with Gasteiger partial charge in [-0.1, -0.05) is 12.1 Å². The Hall–Kier alpha value is -2.61. The average Bonchev–Trinajstić information content (AvgIpc) is 3.22. The molecule has 1 N–H and O–H groups in total. The summed E-state index contributed by atoms with van der Waals surface area (Å²) in [6.07, 6.45) is 0.151. The van der Waals surface area contributed by atoms with Gasteiger partial charge < -0.3 is 19.4 Å². The van der Waals surface area contributed by atoms with E-state index in [0.29, 0.717) is 23.6 Å². The molecule has 1 aromatic heterocycles. The van der Waals surface area contributed by atoms with Crippen molar-refractivity contribution in [2.75, 3.05) is 18.6 Å². The number of para-hydroxylation sites is 1. The SMILES string of the molecule is COC(=O)c1cc(CNC(=O)C2CC(=O)N(c3ccccc3Br)C2)oc1C. The first-order valence-corrected chi connectivity index (χ1v) is 9.20. The fourth-order valence-electron chi connectivity index (χ4n) is 3.05. The van der Waals surface area contributed by atoms with Gasteiger partial charge in [0.1, 0.15) is 17.1 Å². The third-order valence-electron chi connectivity index (χ3n) is 4.45.